The Morgan fingerprint density at radius 1 is 1.71 bits per heavy atom. The van der Waals surface area contributed by atoms with Crippen LogP contribution in [0.2, 0.25) is 0 Å². The van der Waals surface area contributed by atoms with Gasteiger partial charge in [0, 0.05) is 19.5 Å². The van der Waals surface area contributed by atoms with E-state index in [0.29, 0.717) is 19.5 Å². The molecule has 1 heterocycles. The van der Waals surface area contributed by atoms with Crippen LogP contribution in [-0.2, 0) is 9.59 Å². The van der Waals surface area contributed by atoms with E-state index in [1.165, 1.54) is 0 Å². The van der Waals surface area contributed by atoms with Crippen molar-refractivity contribution in [2.45, 2.75) is 12.5 Å². The Hall–Kier alpha value is -1.54. The minimum atomic E-state index is -0.342. The summed E-state index contributed by atoms with van der Waals surface area (Å²) in [4.78, 5) is 22.1. The van der Waals surface area contributed by atoms with Gasteiger partial charge in [-0.15, -0.1) is 12.3 Å². The lowest BCUT2D eigenvalue weighted by Gasteiger charge is -2.22. The normalized spacial score (nSPS) is 20.8. The first-order chi connectivity index (χ1) is 6.74. The van der Waals surface area contributed by atoms with Crippen LogP contribution in [0.4, 0.5) is 0 Å². The zero-order valence-corrected chi connectivity index (χ0v) is 7.80. The molecule has 1 aliphatic heterocycles. The van der Waals surface area contributed by atoms with E-state index in [9.17, 15) is 9.59 Å². The molecule has 5 heteroatoms. The third-order valence-electron chi connectivity index (χ3n) is 1.90. The Kier molecular flexibility index (Phi) is 3.95. The van der Waals surface area contributed by atoms with Gasteiger partial charge in [0.15, 0.2) is 0 Å². The van der Waals surface area contributed by atoms with Gasteiger partial charge in [-0.25, -0.2) is 0 Å². The molecule has 1 fully saturated rings. The molecule has 5 nitrogen and oxygen atoms in total. The van der Waals surface area contributed by atoms with E-state index in [1.807, 2.05) is 0 Å². The summed E-state index contributed by atoms with van der Waals surface area (Å²) in [6, 6.07) is -0.342. The topological polar surface area (TPSA) is 70.2 Å². The molecule has 1 unspecified atom stereocenters. The first kappa shape index (κ1) is 10.5. The van der Waals surface area contributed by atoms with Gasteiger partial charge in [-0.1, -0.05) is 0 Å². The number of piperazine rings is 1. The van der Waals surface area contributed by atoms with Gasteiger partial charge in [0.25, 0.3) is 0 Å². The lowest BCUT2D eigenvalue weighted by molar-refractivity contribution is -0.126. The number of hydrogen-bond acceptors (Lipinski definition) is 3. The van der Waals surface area contributed by atoms with Crippen LogP contribution in [0, 0.1) is 12.3 Å². The van der Waals surface area contributed by atoms with Gasteiger partial charge in [0.1, 0.15) is 6.04 Å². The van der Waals surface area contributed by atoms with E-state index < -0.39 is 0 Å². The van der Waals surface area contributed by atoms with Crippen LogP contribution in [0.1, 0.15) is 6.42 Å². The second kappa shape index (κ2) is 5.25. The van der Waals surface area contributed by atoms with E-state index in [-0.39, 0.29) is 24.4 Å². The summed E-state index contributed by atoms with van der Waals surface area (Å²) < 4.78 is 0. The fraction of sp³-hybridized carbons (Fsp3) is 0.556. The highest BCUT2D eigenvalue weighted by molar-refractivity contribution is 5.86. The van der Waals surface area contributed by atoms with Gasteiger partial charge >= 0.3 is 0 Å². The number of carbonyl (C=O) groups is 2. The van der Waals surface area contributed by atoms with E-state index in [1.54, 1.807) is 0 Å². The fourth-order valence-electron chi connectivity index (χ4n) is 1.13. The van der Waals surface area contributed by atoms with E-state index >= 15 is 0 Å². The van der Waals surface area contributed by atoms with Crippen LogP contribution >= 0.6 is 0 Å². The van der Waals surface area contributed by atoms with Crippen LogP contribution in [0.25, 0.3) is 0 Å². The maximum Gasteiger partial charge on any atom is 0.239 e. The van der Waals surface area contributed by atoms with Crippen molar-refractivity contribution < 1.29 is 9.59 Å². The molecule has 1 saturated heterocycles. The Bertz CT molecular complexity index is 260. The second-order valence-electron chi connectivity index (χ2n) is 2.98. The number of amides is 2. The Morgan fingerprint density at radius 3 is 3.07 bits per heavy atom. The standard InChI is InChI=1S/C9H13N3O2/c1-2-3-4-10-9(14)7-5-12-8(13)6-11-7/h1,7,11H,3-6H2,(H,10,14)(H,12,13). The second-order valence-corrected chi connectivity index (χ2v) is 2.98. The monoisotopic (exact) mass is 195 g/mol. The Morgan fingerprint density at radius 2 is 2.50 bits per heavy atom. The molecular formula is C9H13N3O2. The van der Waals surface area contributed by atoms with Crippen molar-refractivity contribution in [2.75, 3.05) is 19.6 Å². The lowest BCUT2D eigenvalue weighted by Crippen LogP contribution is -2.58. The SMILES string of the molecule is C#CCCNC(=O)C1CNC(=O)CN1. The molecule has 1 rings (SSSR count). The molecule has 0 saturated carbocycles. The van der Waals surface area contributed by atoms with Crippen LogP contribution in [0.3, 0.4) is 0 Å². The van der Waals surface area contributed by atoms with Gasteiger partial charge < -0.3 is 10.6 Å². The average molecular weight is 195 g/mol. The number of carbonyl (C=O) groups excluding carboxylic acids is 2. The summed E-state index contributed by atoms with van der Waals surface area (Å²) >= 11 is 0. The number of rotatable bonds is 3. The largest absolute Gasteiger partial charge is 0.354 e. The van der Waals surface area contributed by atoms with Crippen molar-refractivity contribution in [3.63, 3.8) is 0 Å². The van der Waals surface area contributed by atoms with Crippen LogP contribution in [-0.4, -0.2) is 37.5 Å². The summed E-state index contributed by atoms with van der Waals surface area (Å²) in [6.45, 7) is 0.995. The molecule has 14 heavy (non-hydrogen) atoms. The molecule has 0 spiro atoms. The number of hydrogen-bond donors (Lipinski definition) is 3. The van der Waals surface area contributed by atoms with E-state index in [4.69, 9.17) is 6.42 Å². The smallest absolute Gasteiger partial charge is 0.239 e. The first-order valence-corrected chi connectivity index (χ1v) is 4.45. The molecule has 1 atom stereocenters. The summed E-state index contributed by atoms with van der Waals surface area (Å²) in [5, 5.41) is 8.09. The number of nitrogens with one attached hydrogen (secondary N) is 3. The summed E-state index contributed by atoms with van der Waals surface area (Å²) in [5.41, 5.74) is 0. The molecule has 0 aromatic carbocycles. The van der Waals surface area contributed by atoms with Gasteiger partial charge in [0.05, 0.1) is 6.54 Å². The first-order valence-electron chi connectivity index (χ1n) is 4.45. The highest BCUT2D eigenvalue weighted by Crippen LogP contribution is 1.88. The Labute approximate surface area is 82.6 Å². The fourth-order valence-corrected chi connectivity index (χ4v) is 1.13. The third-order valence-corrected chi connectivity index (χ3v) is 1.90. The molecule has 0 aliphatic carbocycles. The van der Waals surface area contributed by atoms with Crippen molar-refractivity contribution in [3.05, 3.63) is 0 Å². The molecule has 76 valence electrons. The van der Waals surface area contributed by atoms with Crippen LogP contribution < -0.4 is 16.0 Å². The van der Waals surface area contributed by atoms with Crippen molar-refractivity contribution >= 4 is 11.8 Å². The minimum absolute atomic E-state index is 0.0855. The summed E-state index contributed by atoms with van der Waals surface area (Å²) in [6.07, 6.45) is 5.56. The van der Waals surface area contributed by atoms with Gasteiger partial charge in [-0.2, -0.15) is 0 Å². The highest BCUT2D eigenvalue weighted by atomic mass is 16.2. The van der Waals surface area contributed by atoms with E-state index in [0.717, 1.165) is 0 Å². The maximum absolute atomic E-state index is 11.4. The molecule has 2 amide bonds. The predicted molar refractivity (Wildman–Crippen MR) is 51.3 cm³/mol. The molecule has 3 N–H and O–H groups in total. The van der Waals surface area contributed by atoms with Crippen molar-refractivity contribution in [3.8, 4) is 12.3 Å². The predicted octanol–water partition coefficient (Wildman–Crippen LogP) is -1.79. The zero-order valence-electron chi connectivity index (χ0n) is 7.80. The highest BCUT2D eigenvalue weighted by Gasteiger charge is 2.22. The maximum atomic E-state index is 11.4. The van der Waals surface area contributed by atoms with Crippen LogP contribution in [0.15, 0.2) is 0 Å². The summed E-state index contributed by atoms with van der Waals surface area (Å²) in [7, 11) is 0. The van der Waals surface area contributed by atoms with Gasteiger partial charge in [-0.05, 0) is 0 Å². The minimum Gasteiger partial charge on any atom is -0.354 e. The van der Waals surface area contributed by atoms with Crippen LogP contribution in [0.5, 0.6) is 0 Å². The average Bonchev–Trinajstić information content (AvgIpc) is 2.19. The zero-order chi connectivity index (χ0) is 10.4. The van der Waals surface area contributed by atoms with Crippen molar-refractivity contribution in [1.29, 1.82) is 0 Å². The molecule has 0 aromatic heterocycles. The van der Waals surface area contributed by atoms with E-state index in [2.05, 4.69) is 21.9 Å². The molecular weight excluding hydrogens is 182 g/mol. The molecule has 0 radical (unpaired) electrons. The lowest BCUT2D eigenvalue weighted by atomic mass is 10.2. The quantitative estimate of drug-likeness (QED) is 0.368. The van der Waals surface area contributed by atoms with Gasteiger partial charge in [0.2, 0.25) is 11.8 Å². The number of terminal acetylenes is 1. The van der Waals surface area contributed by atoms with Gasteiger partial charge in [-0.3, -0.25) is 14.9 Å². The Balaban J connectivity index is 2.24. The molecule has 0 aromatic rings. The third kappa shape index (κ3) is 3.07. The van der Waals surface area contributed by atoms with Crippen molar-refractivity contribution in [2.24, 2.45) is 0 Å². The molecule has 0 bridgehead atoms. The van der Waals surface area contributed by atoms with Crippen molar-refractivity contribution in [1.82, 2.24) is 16.0 Å². The molecule has 1 aliphatic rings. The summed E-state index contributed by atoms with van der Waals surface area (Å²) in [5.74, 6) is 2.22.